The molecule has 0 bridgehead atoms. The number of amides is 1. The fraction of sp³-hybridized carbons (Fsp3) is 0.143. The number of nitrogens with zero attached hydrogens (tertiary/aromatic N) is 2. The maximum Gasteiger partial charge on any atom is 0.256 e. The van der Waals surface area contributed by atoms with Gasteiger partial charge in [0.1, 0.15) is 5.15 Å². The van der Waals surface area contributed by atoms with E-state index in [-0.39, 0.29) is 5.91 Å². The van der Waals surface area contributed by atoms with Gasteiger partial charge in [0.05, 0.1) is 16.9 Å². The van der Waals surface area contributed by atoms with Crippen molar-refractivity contribution < 1.29 is 4.79 Å². The molecule has 104 valence electrons. The van der Waals surface area contributed by atoms with E-state index in [1.54, 1.807) is 11.6 Å². The van der Waals surface area contributed by atoms with Crippen LogP contribution in [0.2, 0.25) is 5.15 Å². The molecule has 1 aromatic carbocycles. The summed E-state index contributed by atoms with van der Waals surface area (Å²) in [6, 6.07) is 9.43. The van der Waals surface area contributed by atoms with Gasteiger partial charge < -0.3 is 5.32 Å². The highest BCUT2D eigenvalue weighted by molar-refractivity contribution is 9.11. The lowest BCUT2D eigenvalue weighted by atomic mass is 10.2. The quantitative estimate of drug-likeness (QED) is 0.914. The number of nitrogens with one attached hydrogen (secondary N) is 1. The predicted octanol–water partition coefficient (Wildman–Crippen LogP) is 3.47. The number of rotatable bonds is 4. The van der Waals surface area contributed by atoms with Crippen LogP contribution < -0.4 is 5.32 Å². The molecule has 0 atom stereocenters. The van der Waals surface area contributed by atoms with Crippen molar-refractivity contribution in [2.45, 2.75) is 6.92 Å². The third-order valence-electron chi connectivity index (χ3n) is 2.67. The van der Waals surface area contributed by atoms with Crippen molar-refractivity contribution in [3.63, 3.8) is 0 Å². The van der Waals surface area contributed by atoms with E-state index in [1.165, 1.54) is 0 Å². The van der Waals surface area contributed by atoms with E-state index >= 15 is 0 Å². The zero-order chi connectivity index (χ0) is 14.7. The monoisotopic (exact) mass is 353 g/mol. The van der Waals surface area contributed by atoms with Gasteiger partial charge in [-0.2, -0.15) is 5.10 Å². The Morgan fingerprint density at radius 3 is 2.70 bits per heavy atom. The average molecular weight is 355 g/mol. The highest BCUT2D eigenvalue weighted by Gasteiger charge is 2.20. The summed E-state index contributed by atoms with van der Waals surface area (Å²) in [7, 11) is 0. The van der Waals surface area contributed by atoms with E-state index in [9.17, 15) is 4.79 Å². The minimum Gasteiger partial charge on any atom is -0.347 e. The SMILES string of the molecule is C=C(Br)CNC(=O)c1c(C)nn(-c2ccccc2)c1Cl. The van der Waals surface area contributed by atoms with Crippen LogP contribution in [-0.2, 0) is 0 Å². The van der Waals surface area contributed by atoms with E-state index in [2.05, 4.69) is 32.9 Å². The van der Waals surface area contributed by atoms with Gasteiger partial charge in [-0.3, -0.25) is 4.79 Å². The first kappa shape index (κ1) is 14.8. The summed E-state index contributed by atoms with van der Waals surface area (Å²) in [5, 5.41) is 7.34. The molecule has 0 aliphatic rings. The van der Waals surface area contributed by atoms with Crippen molar-refractivity contribution in [3.05, 3.63) is 57.8 Å². The van der Waals surface area contributed by atoms with E-state index in [0.29, 0.717) is 27.4 Å². The van der Waals surface area contributed by atoms with Crippen LogP contribution in [0.1, 0.15) is 16.1 Å². The number of aryl methyl sites for hydroxylation is 1. The molecular formula is C14H13BrClN3O. The van der Waals surface area contributed by atoms with Crippen LogP contribution in [0.4, 0.5) is 0 Å². The largest absolute Gasteiger partial charge is 0.347 e. The molecule has 20 heavy (non-hydrogen) atoms. The second kappa shape index (κ2) is 6.24. The molecule has 0 unspecified atom stereocenters. The number of benzene rings is 1. The van der Waals surface area contributed by atoms with Crippen LogP contribution in [-0.4, -0.2) is 22.2 Å². The number of aromatic nitrogens is 2. The minimum absolute atomic E-state index is 0.268. The van der Waals surface area contributed by atoms with Crippen LogP contribution in [0.25, 0.3) is 5.69 Å². The molecule has 1 amide bonds. The third kappa shape index (κ3) is 3.11. The Kier molecular flexibility index (Phi) is 4.62. The summed E-state index contributed by atoms with van der Waals surface area (Å²) < 4.78 is 2.24. The summed E-state index contributed by atoms with van der Waals surface area (Å²) in [6.07, 6.45) is 0. The van der Waals surface area contributed by atoms with Gasteiger partial charge in [0.25, 0.3) is 5.91 Å². The van der Waals surface area contributed by atoms with Crippen molar-refractivity contribution in [2.75, 3.05) is 6.54 Å². The van der Waals surface area contributed by atoms with Crippen LogP contribution in [0.3, 0.4) is 0 Å². The normalized spacial score (nSPS) is 10.3. The third-order valence-corrected chi connectivity index (χ3v) is 3.30. The van der Waals surface area contributed by atoms with Crippen LogP contribution >= 0.6 is 27.5 Å². The van der Waals surface area contributed by atoms with E-state index in [0.717, 1.165) is 5.69 Å². The fourth-order valence-electron chi connectivity index (χ4n) is 1.76. The number of carbonyl (C=O) groups excluding carboxylic acids is 1. The molecule has 2 aromatic rings. The molecule has 4 nitrogen and oxygen atoms in total. The van der Waals surface area contributed by atoms with Crippen molar-refractivity contribution in [1.29, 1.82) is 0 Å². The zero-order valence-electron chi connectivity index (χ0n) is 10.9. The Hall–Kier alpha value is -1.59. The Morgan fingerprint density at radius 2 is 2.10 bits per heavy atom. The first-order valence-electron chi connectivity index (χ1n) is 5.92. The van der Waals surface area contributed by atoms with Gasteiger partial charge in [0, 0.05) is 11.0 Å². The summed E-state index contributed by atoms with van der Waals surface area (Å²) >= 11 is 9.47. The van der Waals surface area contributed by atoms with Gasteiger partial charge in [-0.25, -0.2) is 4.68 Å². The van der Waals surface area contributed by atoms with E-state index < -0.39 is 0 Å². The lowest BCUT2D eigenvalue weighted by Gasteiger charge is -2.04. The van der Waals surface area contributed by atoms with Crippen molar-refractivity contribution in [2.24, 2.45) is 0 Å². The number of carbonyl (C=O) groups is 1. The first-order chi connectivity index (χ1) is 9.50. The summed E-state index contributed by atoms with van der Waals surface area (Å²) in [5.74, 6) is -0.268. The van der Waals surface area contributed by atoms with Crippen molar-refractivity contribution >= 4 is 33.4 Å². The molecule has 0 spiro atoms. The lowest BCUT2D eigenvalue weighted by molar-refractivity contribution is 0.0957. The molecule has 1 N–H and O–H groups in total. The smallest absolute Gasteiger partial charge is 0.256 e. The minimum atomic E-state index is -0.268. The first-order valence-corrected chi connectivity index (χ1v) is 7.10. The molecule has 0 saturated heterocycles. The average Bonchev–Trinajstić information content (AvgIpc) is 2.72. The van der Waals surface area contributed by atoms with Crippen molar-refractivity contribution in [1.82, 2.24) is 15.1 Å². The van der Waals surface area contributed by atoms with Gasteiger partial charge in [0.15, 0.2) is 0 Å². The van der Waals surface area contributed by atoms with Crippen LogP contribution in [0.5, 0.6) is 0 Å². The lowest BCUT2D eigenvalue weighted by Crippen LogP contribution is -2.25. The van der Waals surface area contributed by atoms with Gasteiger partial charge in [-0.15, -0.1) is 0 Å². The predicted molar refractivity (Wildman–Crippen MR) is 83.7 cm³/mol. The maximum atomic E-state index is 12.1. The molecule has 2 rings (SSSR count). The fourth-order valence-corrected chi connectivity index (χ4v) is 2.26. The molecule has 6 heteroatoms. The second-order valence-electron chi connectivity index (χ2n) is 4.20. The number of hydrogen-bond donors (Lipinski definition) is 1. The highest BCUT2D eigenvalue weighted by Crippen LogP contribution is 2.23. The van der Waals surface area contributed by atoms with Gasteiger partial charge >= 0.3 is 0 Å². The maximum absolute atomic E-state index is 12.1. The van der Waals surface area contributed by atoms with E-state index in [4.69, 9.17) is 11.6 Å². The Balaban J connectivity index is 2.34. The van der Waals surface area contributed by atoms with Crippen LogP contribution in [0, 0.1) is 6.92 Å². The van der Waals surface area contributed by atoms with Crippen molar-refractivity contribution in [3.8, 4) is 5.69 Å². The Bertz CT molecular complexity index is 652. The number of para-hydroxylation sites is 1. The standard InChI is InChI=1S/C14H13BrClN3O/c1-9(15)8-17-14(20)12-10(2)18-19(13(12)16)11-6-4-3-5-7-11/h3-7H,1,8H2,2H3,(H,17,20). The molecule has 1 heterocycles. The topological polar surface area (TPSA) is 46.9 Å². The molecule has 0 saturated carbocycles. The Labute approximate surface area is 130 Å². The molecule has 0 fully saturated rings. The molecule has 0 aliphatic heterocycles. The number of hydrogen-bond acceptors (Lipinski definition) is 2. The highest BCUT2D eigenvalue weighted by atomic mass is 79.9. The van der Waals surface area contributed by atoms with Gasteiger partial charge in [-0.05, 0) is 19.1 Å². The molecule has 0 aliphatic carbocycles. The number of halogens is 2. The molecule has 0 radical (unpaired) electrons. The van der Waals surface area contributed by atoms with Gasteiger partial charge in [0.2, 0.25) is 0 Å². The van der Waals surface area contributed by atoms with Crippen LogP contribution in [0.15, 0.2) is 41.4 Å². The summed E-state index contributed by atoms with van der Waals surface area (Å²) in [4.78, 5) is 12.1. The molecular weight excluding hydrogens is 342 g/mol. The summed E-state index contributed by atoms with van der Waals surface area (Å²) in [5.41, 5.74) is 1.77. The zero-order valence-corrected chi connectivity index (χ0v) is 13.2. The van der Waals surface area contributed by atoms with E-state index in [1.807, 2.05) is 30.3 Å². The Morgan fingerprint density at radius 1 is 1.45 bits per heavy atom. The summed E-state index contributed by atoms with van der Waals surface area (Å²) in [6.45, 7) is 5.76. The van der Waals surface area contributed by atoms with Gasteiger partial charge in [-0.1, -0.05) is 52.3 Å². The molecule has 1 aromatic heterocycles. The second-order valence-corrected chi connectivity index (χ2v) is 5.68.